The molecule has 0 unspecified atom stereocenters. The molecule has 0 spiro atoms. The quantitative estimate of drug-likeness (QED) is 0.503. The maximum atomic E-state index is 14.0. The molecule has 2 heterocycles. The number of methoxy groups -OCH3 is 1. The Bertz CT molecular complexity index is 1220. The zero-order valence-corrected chi connectivity index (χ0v) is 15.9. The summed E-state index contributed by atoms with van der Waals surface area (Å²) in [5, 5.41) is 4.14. The second kappa shape index (κ2) is 7.43. The van der Waals surface area contributed by atoms with E-state index in [1.54, 1.807) is 25.3 Å². The summed E-state index contributed by atoms with van der Waals surface area (Å²) in [6.45, 7) is 1.67. The third kappa shape index (κ3) is 3.35. The van der Waals surface area contributed by atoms with Crippen molar-refractivity contribution in [1.29, 1.82) is 0 Å². The molecular weight excluding hydrogens is 375 g/mol. The van der Waals surface area contributed by atoms with Crippen molar-refractivity contribution in [2.75, 3.05) is 7.11 Å². The highest BCUT2D eigenvalue weighted by molar-refractivity contribution is 6.00. The summed E-state index contributed by atoms with van der Waals surface area (Å²) in [6.07, 6.45) is 2.03. The molecule has 4 aromatic rings. The molecule has 0 aliphatic heterocycles. The van der Waals surface area contributed by atoms with E-state index in [-0.39, 0.29) is 17.8 Å². The van der Waals surface area contributed by atoms with Gasteiger partial charge in [-0.3, -0.25) is 4.79 Å². The summed E-state index contributed by atoms with van der Waals surface area (Å²) < 4.78 is 24.3. The minimum atomic E-state index is -0.927. The van der Waals surface area contributed by atoms with Crippen molar-refractivity contribution in [3.8, 4) is 0 Å². The van der Waals surface area contributed by atoms with Crippen LogP contribution in [0.5, 0.6) is 0 Å². The molecule has 1 amide bonds. The number of hydrogen-bond acceptors (Lipinski definition) is 4. The van der Waals surface area contributed by atoms with Gasteiger partial charge in [-0.15, -0.1) is 0 Å². The van der Waals surface area contributed by atoms with Crippen LogP contribution in [0.4, 0.5) is 4.39 Å². The fourth-order valence-corrected chi connectivity index (χ4v) is 3.51. The van der Waals surface area contributed by atoms with Crippen molar-refractivity contribution < 1.29 is 23.1 Å². The van der Waals surface area contributed by atoms with Crippen LogP contribution in [0, 0.1) is 12.7 Å². The van der Waals surface area contributed by atoms with E-state index in [2.05, 4.69) is 10.3 Å². The van der Waals surface area contributed by atoms with Crippen molar-refractivity contribution in [3.63, 3.8) is 0 Å². The second-order valence-electron chi connectivity index (χ2n) is 6.79. The van der Waals surface area contributed by atoms with Crippen molar-refractivity contribution in [2.45, 2.75) is 19.4 Å². The van der Waals surface area contributed by atoms with Crippen LogP contribution in [-0.2, 0) is 16.0 Å². The maximum Gasteiger partial charge on any atom is 0.328 e. The Morgan fingerprint density at radius 3 is 2.69 bits per heavy atom. The van der Waals surface area contributed by atoms with Gasteiger partial charge in [0.1, 0.15) is 6.04 Å². The first-order valence-electron chi connectivity index (χ1n) is 9.11. The maximum absolute atomic E-state index is 14.0. The molecule has 1 atom stereocenters. The molecule has 2 N–H and O–H groups in total. The molecule has 0 bridgehead atoms. The van der Waals surface area contributed by atoms with E-state index in [1.807, 2.05) is 24.3 Å². The molecule has 148 valence electrons. The molecule has 0 aliphatic rings. The second-order valence-corrected chi connectivity index (χ2v) is 6.79. The molecule has 0 fully saturated rings. The van der Waals surface area contributed by atoms with Gasteiger partial charge in [-0.2, -0.15) is 0 Å². The summed E-state index contributed by atoms with van der Waals surface area (Å²) in [4.78, 5) is 28.3. The third-order valence-electron chi connectivity index (χ3n) is 5.01. The van der Waals surface area contributed by atoms with E-state index in [0.29, 0.717) is 10.9 Å². The first-order chi connectivity index (χ1) is 14.0. The van der Waals surface area contributed by atoms with E-state index in [1.165, 1.54) is 13.2 Å². The van der Waals surface area contributed by atoms with Crippen LogP contribution in [-0.4, -0.2) is 30.0 Å². The third-order valence-corrected chi connectivity index (χ3v) is 5.01. The van der Waals surface area contributed by atoms with Crippen LogP contribution >= 0.6 is 0 Å². The number of benzene rings is 2. The largest absolute Gasteiger partial charge is 0.467 e. The number of aromatic amines is 1. The zero-order valence-electron chi connectivity index (χ0n) is 15.9. The fraction of sp³-hybridized carbons (Fsp3) is 0.182. The standard InChI is InChI=1S/C22H19FN2O4/c1-12-14-7-5-8-16(23)20(14)29-19(12)21(26)25-18(22(27)28-2)10-13-11-24-17-9-4-3-6-15(13)17/h3-9,11,18,24H,10H2,1-2H3,(H,25,26)/t18-/m1/s1. The number of aryl methyl sites for hydroxylation is 1. The molecule has 29 heavy (non-hydrogen) atoms. The number of esters is 1. The summed E-state index contributed by atoms with van der Waals surface area (Å²) >= 11 is 0. The molecule has 4 rings (SSSR count). The monoisotopic (exact) mass is 394 g/mol. The molecule has 2 aromatic carbocycles. The van der Waals surface area contributed by atoms with Crippen LogP contribution in [0.3, 0.4) is 0 Å². The number of amides is 1. The Balaban J connectivity index is 1.63. The minimum Gasteiger partial charge on any atom is -0.467 e. The van der Waals surface area contributed by atoms with Crippen molar-refractivity contribution in [2.24, 2.45) is 0 Å². The Hall–Kier alpha value is -3.61. The predicted octanol–water partition coefficient (Wildman–Crippen LogP) is 3.88. The average molecular weight is 394 g/mol. The predicted molar refractivity (Wildman–Crippen MR) is 106 cm³/mol. The lowest BCUT2D eigenvalue weighted by Gasteiger charge is -2.15. The van der Waals surface area contributed by atoms with Gasteiger partial charge in [-0.1, -0.05) is 30.3 Å². The molecule has 0 saturated carbocycles. The highest BCUT2D eigenvalue weighted by Gasteiger charge is 2.27. The first-order valence-corrected chi connectivity index (χ1v) is 9.11. The van der Waals surface area contributed by atoms with E-state index >= 15 is 0 Å². The van der Waals surface area contributed by atoms with Gasteiger partial charge < -0.3 is 19.5 Å². The van der Waals surface area contributed by atoms with Crippen LogP contribution in [0.2, 0.25) is 0 Å². The van der Waals surface area contributed by atoms with E-state index in [4.69, 9.17) is 9.15 Å². The van der Waals surface area contributed by atoms with Crippen LogP contribution in [0.25, 0.3) is 21.9 Å². The highest BCUT2D eigenvalue weighted by atomic mass is 19.1. The number of H-pyrrole nitrogens is 1. The fourth-order valence-electron chi connectivity index (χ4n) is 3.51. The normalized spacial score (nSPS) is 12.2. The van der Waals surface area contributed by atoms with Gasteiger partial charge >= 0.3 is 5.97 Å². The highest BCUT2D eigenvalue weighted by Crippen LogP contribution is 2.27. The van der Waals surface area contributed by atoms with Gasteiger partial charge in [0.2, 0.25) is 0 Å². The number of aromatic nitrogens is 1. The number of nitrogens with one attached hydrogen (secondary N) is 2. The lowest BCUT2D eigenvalue weighted by atomic mass is 10.0. The van der Waals surface area contributed by atoms with Crippen LogP contribution < -0.4 is 5.32 Å². The topological polar surface area (TPSA) is 84.3 Å². The average Bonchev–Trinajstić information content (AvgIpc) is 3.29. The van der Waals surface area contributed by atoms with E-state index < -0.39 is 23.7 Å². The summed E-state index contributed by atoms with van der Waals surface area (Å²) in [6, 6.07) is 11.2. The molecule has 0 aliphatic carbocycles. The van der Waals surface area contributed by atoms with E-state index in [9.17, 15) is 14.0 Å². The van der Waals surface area contributed by atoms with Gasteiger partial charge in [-0.25, -0.2) is 9.18 Å². The Labute approximate surface area is 165 Å². The molecular formula is C22H19FN2O4. The van der Waals surface area contributed by atoms with Crippen LogP contribution in [0.1, 0.15) is 21.7 Å². The van der Waals surface area contributed by atoms with Gasteiger partial charge in [0.25, 0.3) is 5.91 Å². The number of fused-ring (bicyclic) bond motifs is 2. The number of rotatable bonds is 5. The smallest absolute Gasteiger partial charge is 0.328 e. The first kappa shape index (κ1) is 18.7. The van der Waals surface area contributed by atoms with Gasteiger partial charge in [0, 0.05) is 34.5 Å². The van der Waals surface area contributed by atoms with Crippen molar-refractivity contribution in [1.82, 2.24) is 10.3 Å². The van der Waals surface area contributed by atoms with Gasteiger partial charge in [-0.05, 0) is 24.6 Å². The molecule has 0 radical (unpaired) electrons. The Morgan fingerprint density at radius 2 is 1.93 bits per heavy atom. The van der Waals surface area contributed by atoms with Crippen LogP contribution in [0.15, 0.2) is 53.1 Å². The lowest BCUT2D eigenvalue weighted by molar-refractivity contribution is -0.142. The Morgan fingerprint density at radius 1 is 1.17 bits per heavy atom. The number of carbonyl (C=O) groups excluding carboxylic acids is 2. The molecule has 6 nitrogen and oxygen atoms in total. The lowest BCUT2D eigenvalue weighted by Crippen LogP contribution is -2.43. The number of halogens is 1. The van der Waals surface area contributed by atoms with Gasteiger partial charge in [0.15, 0.2) is 17.2 Å². The SMILES string of the molecule is COC(=O)[C@@H](Cc1c[nH]c2ccccc12)NC(=O)c1oc2c(F)cccc2c1C. The van der Waals surface area contributed by atoms with Crippen molar-refractivity contribution in [3.05, 3.63) is 71.4 Å². The number of hydrogen-bond donors (Lipinski definition) is 2. The summed E-state index contributed by atoms with van der Waals surface area (Å²) in [5.41, 5.74) is 2.32. The number of ether oxygens (including phenoxy) is 1. The van der Waals surface area contributed by atoms with Crippen molar-refractivity contribution >= 4 is 33.7 Å². The molecule has 2 aromatic heterocycles. The Kier molecular flexibility index (Phi) is 4.80. The number of carbonyl (C=O) groups is 2. The minimum absolute atomic E-state index is 0.0152. The number of para-hydroxylation sites is 2. The summed E-state index contributed by atoms with van der Waals surface area (Å²) in [7, 11) is 1.26. The summed E-state index contributed by atoms with van der Waals surface area (Å²) in [5.74, 6) is -1.76. The molecule has 7 heteroatoms. The molecule has 0 saturated heterocycles. The zero-order chi connectivity index (χ0) is 20.5. The van der Waals surface area contributed by atoms with Gasteiger partial charge in [0.05, 0.1) is 7.11 Å². The van der Waals surface area contributed by atoms with E-state index in [0.717, 1.165) is 16.5 Å². The number of furan rings is 1.